The average molecular weight is 726 g/mol. The molecule has 0 N–H and O–H groups in total. The Balaban J connectivity index is 1.10. The molecule has 0 aliphatic heterocycles. The van der Waals surface area contributed by atoms with E-state index in [-0.39, 0.29) is 11.6 Å². The van der Waals surface area contributed by atoms with Gasteiger partial charge in [-0.05, 0) is 108 Å². The summed E-state index contributed by atoms with van der Waals surface area (Å²) < 4.78 is 42.7. The first-order valence-electron chi connectivity index (χ1n) is 17.3. The molecule has 0 amide bonds. The second-order valence-electron chi connectivity index (χ2n) is 12.7. The van der Waals surface area contributed by atoms with Crippen molar-refractivity contribution in [2.45, 2.75) is 19.5 Å². The van der Waals surface area contributed by atoms with Gasteiger partial charge in [-0.2, -0.15) is 10.2 Å². The Morgan fingerprint density at radius 3 is 1.30 bits per heavy atom. The smallest absolute Gasteiger partial charge is 0.152 e. The third kappa shape index (κ3) is 7.35. The van der Waals surface area contributed by atoms with Gasteiger partial charge >= 0.3 is 0 Å². The fraction of sp³-hybridized carbons (Fsp3) is 0.116. The van der Waals surface area contributed by atoms with Crippen LogP contribution >= 0.6 is 11.6 Å². The molecule has 0 saturated carbocycles. The summed E-state index contributed by atoms with van der Waals surface area (Å²) in [5.41, 5.74) is 9.22. The van der Waals surface area contributed by atoms with Gasteiger partial charge in [-0.15, -0.1) is 11.6 Å². The summed E-state index contributed by atoms with van der Waals surface area (Å²) >= 11 is 6.25. The number of aromatic nitrogens is 4. The van der Waals surface area contributed by atoms with Crippen molar-refractivity contribution in [1.29, 1.82) is 0 Å². The van der Waals surface area contributed by atoms with E-state index in [9.17, 15) is 8.78 Å². The maximum atomic E-state index is 13.5. The van der Waals surface area contributed by atoms with Crippen molar-refractivity contribution >= 4 is 11.6 Å². The van der Waals surface area contributed by atoms with Crippen LogP contribution in [0.2, 0.25) is 0 Å². The van der Waals surface area contributed by atoms with Crippen LogP contribution in [-0.2, 0) is 13.1 Å². The summed E-state index contributed by atoms with van der Waals surface area (Å²) in [6.07, 6.45) is 7.88. The molecule has 0 bridgehead atoms. The minimum Gasteiger partial charge on any atom is -0.463 e. The molecule has 8 aromatic rings. The monoisotopic (exact) mass is 725 g/mol. The number of hydrogen-bond donors (Lipinski definition) is 0. The Hall–Kier alpha value is -6.03. The number of alkyl halides is 1. The minimum atomic E-state index is -0.266. The van der Waals surface area contributed by atoms with Crippen molar-refractivity contribution in [1.82, 2.24) is 24.5 Å². The second kappa shape index (κ2) is 15.3. The van der Waals surface area contributed by atoms with Crippen molar-refractivity contribution in [3.05, 3.63) is 169 Å². The van der Waals surface area contributed by atoms with Crippen LogP contribution in [0.3, 0.4) is 0 Å². The zero-order valence-electron chi connectivity index (χ0n) is 28.6. The van der Waals surface area contributed by atoms with Gasteiger partial charge in [-0.3, -0.25) is 4.90 Å². The van der Waals surface area contributed by atoms with Gasteiger partial charge in [0.2, 0.25) is 0 Å². The van der Waals surface area contributed by atoms with Gasteiger partial charge in [0, 0.05) is 30.1 Å². The highest BCUT2D eigenvalue weighted by Crippen LogP contribution is 2.33. The van der Waals surface area contributed by atoms with Gasteiger partial charge in [0.05, 0.1) is 36.3 Å². The molecule has 264 valence electrons. The molecule has 0 spiro atoms. The standard InChI is InChI=1S/C43H34ClF2N5O2/c44-22-3-23-49(28-34-26-47-50(42(34)40-4-1-24-52-40)38-18-10-32(11-19-38)30-6-14-36(45)15-7-30)29-35-27-48-51(43(35)41-5-2-25-53-41)39-20-12-33(13-21-39)31-8-16-37(46)17-9-31/h1-2,4-21,24-27H,3,22-23,28-29H2. The minimum absolute atomic E-state index is 0.266. The number of halogens is 3. The first kappa shape index (κ1) is 34.1. The van der Waals surface area contributed by atoms with E-state index in [1.807, 2.05) is 94.6 Å². The molecule has 0 fully saturated rings. The molecule has 4 aromatic heterocycles. The van der Waals surface area contributed by atoms with Crippen molar-refractivity contribution in [2.75, 3.05) is 12.4 Å². The normalized spacial score (nSPS) is 11.5. The number of benzene rings is 4. The predicted octanol–water partition coefficient (Wildman–Crippen LogP) is 10.8. The van der Waals surface area contributed by atoms with E-state index in [0.29, 0.717) is 30.5 Å². The predicted molar refractivity (Wildman–Crippen MR) is 203 cm³/mol. The zero-order chi connectivity index (χ0) is 36.1. The van der Waals surface area contributed by atoms with Gasteiger partial charge in [0.25, 0.3) is 0 Å². The van der Waals surface area contributed by atoms with Crippen molar-refractivity contribution in [3.8, 4) is 56.5 Å². The molecular weight excluding hydrogens is 692 g/mol. The first-order chi connectivity index (χ1) is 26.0. The maximum Gasteiger partial charge on any atom is 0.152 e. The van der Waals surface area contributed by atoms with E-state index in [2.05, 4.69) is 4.90 Å². The molecule has 0 radical (unpaired) electrons. The average Bonchev–Trinajstić information content (AvgIpc) is 4.03. The van der Waals surface area contributed by atoms with Gasteiger partial charge in [-0.1, -0.05) is 48.5 Å². The number of nitrogens with zero attached hydrogens (tertiary/aromatic N) is 5. The van der Waals surface area contributed by atoms with Gasteiger partial charge in [0.1, 0.15) is 23.0 Å². The highest BCUT2D eigenvalue weighted by molar-refractivity contribution is 6.17. The summed E-state index contributed by atoms with van der Waals surface area (Å²) in [7, 11) is 0. The zero-order valence-corrected chi connectivity index (χ0v) is 29.3. The SMILES string of the molecule is Fc1ccc(-c2ccc(-n3ncc(CN(CCCCl)Cc4cnn(-c5ccc(-c6ccc(F)cc6)cc5)c4-c4ccco4)c3-c3ccco3)cc2)cc1. The Kier molecular flexibility index (Phi) is 9.83. The molecule has 8 rings (SSSR count). The third-order valence-corrected chi connectivity index (χ3v) is 9.44. The van der Waals surface area contributed by atoms with Crippen molar-refractivity contribution in [2.24, 2.45) is 0 Å². The lowest BCUT2D eigenvalue weighted by molar-refractivity contribution is 0.258. The topological polar surface area (TPSA) is 65.2 Å². The van der Waals surface area contributed by atoms with E-state index in [4.69, 9.17) is 30.6 Å². The summed E-state index contributed by atoms with van der Waals surface area (Å²) in [6.45, 7) is 1.86. The first-order valence-corrected chi connectivity index (χ1v) is 17.8. The fourth-order valence-corrected chi connectivity index (χ4v) is 6.71. The molecule has 0 saturated heterocycles. The van der Waals surface area contributed by atoms with E-state index < -0.39 is 0 Å². The Morgan fingerprint density at radius 2 is 0.943 bits per heavy atom. The highest BCUT2D eigenvalue weighted by Gasteiger charge is 2.23. The van der Waals surface area contributed by atoms with Gasteiger partial charge < -0.3 is 8.83 Å². The van der Waals surface area contributed by atoms with Crippen LogP contribution in [0, 0.1) is 11.6 Å². The number of hydrogen-bond acceptors (Lipinski definition) is 5. The van der Waals surface area contributed by atoms with Crippen LogP contribution in [0.4, 0.5) is 8.78 Å². The Labute approximate surface area is 310 Å². The third-order valence-electron chi connectivity index (χ3n) is 9.17. The van der Waals surface area contributed by atoms with Crippen molar-refractivity contribution < 1.29 is 17.6 Å². The lowest BCUT2D eigenvalue weighted by atomic mass is 10.1. The summed E-state index contributed by atoms with van der Waals surface area (Å²) in [4.78, 5) is 2.33. The quantitative estimate of drug-likeness (QED) is 0.111. The van der Waals surface area contributed by atoms with Crippen molar-refractivity contribution in [3.63, 3.8) is 0 Å². The molecule has 4 heterocycles. The summed E-state index contributed by atoms with van der Waals surface area (Å²) in [5, 5.41) is 9.67. The molecule has 4 aromatic carbocycles. The Bertz CT molecular complexity index is 2220. The van der Waals surface area contributed by atoms with Crippen LogP contribution in [0.25, 0.3) is 56.5 Å². The molecule has 0 unspecified atom stereocenters. The molecule has 10 heteroatoms. The van der Waals surface area contributed by atoms with Crippen LogP contribution in [-0.4, -0.2) is 36.9 Å². The molecule has 0 atom stereocenters. The molecule has 0 aliphatic carbocycles. The van der Waals surface area contributed by atoms with Gasteiger partial charge in [-0.25, -0.2) is 18.1 Å². The highest BCUT2D eigenvalue weighted by atomic mass is 35.5. The van der Waals surface area contributed by atoms with E-state index in [0.717, 1.165) is 69.1 Å². The lowest BCUT2D eigenvalue weighted by Gasteiger charge is -2.22. The van der Waals surface area contributed by atoms with Crippen LogP contribution in [0.15, 0.2) is 155 Å². The van der Waals surface area contributed by atoms with E-state index >= 15 is 0 Å². The second-order valence-corrected chi connectivity index (χ2v) is 13.1. The molecule has 0 aliphatic rings. The summed E-state index contributed by atoms with van der Waals surface area (Å²) in [5.74, 6) is 1.39. The molecule has 7 nitrogen and oxygen atoms in total. The fourth-order valence-electron chi connectivity index (χ4n) is 6.59. The number of furan rings is 2. The number of rotatable bonds is 13. The largest absolute Gasteiger partial charge is 0.463 e. The van der Waals surface area contributed by atoms with E-state index in [1.54, 1.807) is 36.8 Å². The molecule has 53 heavy (non-hydrogen) atoms. The maximum absolute atomic E-state index is 13.5. The Morgan fingerprint density at radius 1 is 0.547 bits per heavy atom. The van der Waals surface area contributed by atoms with Crippen LogP contribution < -0.4 is 0 Å². The van der Waals surface area contributed by atoms with E-state index in [1.165, 1.54) is 24.3 Å². The summed E-state index contributed by atoms with van der Waals surface area (Å²) in [6, 6.07) is 36.6. The van der Waals surface area contributed by atoms with Crippen LogP contribution in [0.5, 0.6) is 0 Å². The van der Waals surface area contributed by atoms with Crippen LogP contribution in [0.1, 0.15) is 17.5 Å². The van der Waals surface area contributed by atoms with Gasteiger partial charge in [0.15, 0.2) is 11.5 Å². The molecular formula is C43H34ClF2N5O2. The lowest BCUT2D eigenvalue weighted by Crippen LogP contribution is -2.24.